The van der Waals surface area contributed by atoms with Gasteiger partial charge in [0.05, 0.1) is 5.69 Å². The number of piperidine rings is 1. The van der Waals surface area contributed by atoms with Crippen LogP contribution in [-0.4, -0.2) is 87.5 Å². The van der Waals surface area contributed by atoms with Crippen LogP contribution in [0, 0.1) is 18.2 Å². The summed E-state index contributed by atoms with van der Waals surface area (Å²) in [6.45, 7) is 16.8. The Morgan fingerprint density at radius 2 is 1.62 bits per heavy atom. The lowest BCUT2D eigenvalue weighted by Crippen LogP contribution is -2.47. The van der Waals surface area contributed by atoms with Gasteiger partial charge in [-0.2, -0.15) is 0 Å². The monoisotopic (exact) mass is 697 g/mol. The minimum absolute atomic E-state index is 0.0898. The van der Waals surface area contributed by atoms with Gasteiger partial charge in [-0.05, 0) is 117 Å². The summed E-state index contributed by atoms with van der Waals surface area (Å²) in [6.07, 6.45) is 12.4. The summed E-state index contributed by atoms with van der Waals surface area (Å²) in [5, 5.41) is 10.1. The third-order valence-corrected chi connectivity index (χ3v) is 11.1. The molecule has 0 atom stereocenters. The first-order valence-corrected chi connectivity index (χ1v) is 18.9. The van der Waals surface area contributed by atoms with E-state index in [1.165, 1.54) is 30.4 Å². The average Bonchev–Trinajstić information content (AvgIpc) is 3.11. The molecule has 0 radical (unpaired) electrons. The number of piperazine rings is 1. The number of unbranched alkanes of at least 4 members (excludes halogenated alkanes) is 4. The van der Waals surface area contributed by atoms with Gasteiger partial charge in [0, 0.05) is 56.4 Å². The molecule has 0 aliphatic carbocycles. The maximum atomic E-state index is 14.7. The third kappa shape index (κ3) is 8.88. The molecule has 7 heteroatoms. The predicted molar refractivity (Wildman–Crippen MR) is 214 cm³/mol. The van der Waals surface area contributed by atoms with Crippen LogP contribution in [0.15, 0.2) is 55.6 Å². The SMILES string of the molecule is C=Cc1ccc(C2CCN(CCCCCCCc3c(-c4c(C)cccc4C=C)c(Cl)cc(C(=N)N4CCN(C)CC4)c3N(C)C)CC2)c(F)c1. The molecule has 0 spiro atoms. The molecule has 2 saturated heterocycles. The van der Waals surface area contributed by atoms with Crippen molar-refractivity contribution in [3.8, 4) is 11.1 Å². The van der Waals surface area contributed by atoms with Crippen molar-refractivity contribution in [2.45, 2.75) is 64.2 Å². The number of aryl methyl sites for hydroxylation is 1. The molecule has 0 saturated carbocycles. The van der Waals surface area contributed by atoms with Crippen molar-refractivity contribution in [2.24, 2.45) is 0 Å². The summed E-state index contributed by atoms with van der Waals surface area (Å²) >= 11 is 7.27. The lowest BCUT2D eigenvalue weighted by molar-refractivity contribution is 0.206. The van der Waals surface area contributed by atoms with E-state index >= 15 is 0 Å². The molecule has 0 bridgehead atoms. The van der Waals surface area contributed by atoms with E-state index in [0.29, 0.717) is 16.8 Å². The molecule has 3 aromatic rings. The van der Waals surface area contributed by atoms with Crippen LogP contribution in [0.1, 0.15) is 84.2 Å². The molecule has 268 valence electrons. The Hall–Kier alpha value is -3.45. The largest absolute Gasteiger partial charge is 0.377 e. The summed E-state index contributed by atoms with van der Waals surface area (Å²) in [6, 6.07) is 13.9. The molecule has 0 unspecified atom stereocenters. The lowest BCUT2D eigenvalue weighted by atomic mass is 9.86. The summed E-state index contributed by atoms with van der Waals surface area (Å²) in [7, 11) is 6.34. The Balaban J connectivity index is 1.23. The molecule has 0 aromatic heterocycles. The van der Waals surface area contributed by atoms with Crippen molar-refractivity contribution >= 4 is 35.3 Å². The average molecular weight is 698 g/mol. The first kappa shape index (κ1) is 37.8. The summed E-state index contributed by atoms with van der Waals surface area (Å²) in [5.41, 5.74) is 9.44. The van der Waals surface area contributed by atoms with Crippen LogP contribution in [0.5, 0.6) is 0 Å². The van der Waals surface area contributed by atoms with Crippen LogP contribution >= 0.6 is 11.6 Å². The summed E-state index contributed by atoms with van der Waals surface area (Å²) in [4.78, 5) is 9.27. The molecular formula is C43H57ClFN5. The highest BCUT2D eigenvalue weighted by Crippen LogP contribution is 2.43. The maximum Gasteiger partial charge on any atom is 0.130 e. The number of nitrogens with one attached hydrogen (secondary N) is 1. The topological polar surface area (TPSA) is 36.8 Å². The number of likely N-dealkylation sites (N-methyl/N-ethyl adjacent to an activating group) is 1. The zero-order valence-electron chi connectivity index (χ0n) is 30.8. The van der Waals surface area contributed by atoms with Gasteiger partial charge >= 0.3 is 0 Å². The van der Waals surface area contributed by atoms with Gasteiger partial charge in [0.15, 0.2) is 0 Å². The summed E-state index contributed by atoms with van der Waals surface area (Å²) < 4.78 is 14.7. The highest BCUT2D eigenvalue weighted by atomic mass is 35.5. The van der Waals surface area contributed by atoms with E-state index in [4.69, 9.17) is 11.6 Å². The third-order valence-electron chi connectivity index (χ3n) is 10.8. The number of rotatable bonds is 14. The Bertz CT molecular complexity index is 1650. The van der Waals surface area contributed by atoms with E-state index in [-0.39, 0.29) is 5.82 Å². The van der Waals surface area contributed by atoms with E-state index in [1.807, 2.05) is 24.3 Å². The van der Waals surface area contributed by atoms with Crippen LogP contribution in [0.25, 0.3) is 23.3 Å². The van der Waals surface area contributed by atoms with Crippen LogP contribution in [-0.2, 0) is 6.42 Å². The van der Waals surface area contributed by atoms with Crippen LogP contribution in [0.2, 0.25) is 5.02 Å². The molecule has 5 nitrogen and oxygen atoms in total. The molecule has 0 amide bonds. The van der Waals surface area contributed by atoms with Crippen molar-refractivity contribution in [3.05, 3.63) is 99.8 Å². The number of anilines is 1. The van der Waals surface area contributed by atoms with Crippen LogP contribution < -0.4 is 4.90 Å². The minimum Gasteiger partial charge on any atom is -0.377 e. The van der Waals surface area contributed by atoms with E-state index in [2.05, 4.69) is 79.0 Å². The fourth-order valence-electron chi connectivity index (χ4n) is 7.94. The Kier molecular flexibility index (Phi) is 13.3. The second kappa shape index (κ2) is 17.7. The Morgan fingerprint density at radius 1 is 0.920 bits per heavy atom. The van der Waals surface area contributed by atoms with Gasteiger partial charge < -0.3 is 19.6 Å². The highest BCUT2D eigenvalue weighted by Gasteiger charge is 2.27. The van der Waals surface area contributed by atoms with Gasteiger partial charge in [0.25, 0.3) is 0 Å². The number of nitrogens with zero attached hydrogens (tertiary/aromatic N) is 4. The van der Waals surface area contributed by atoms with Crippen molar-refractivity contribution in [3.63, 3.8) is 0 Å². The molecule has 1 N–H and O–H groups in total. The second-order valence-electron chi connectivity index (χ2n) is 14.5. The molecule has 50 heavy (non-hydrogen) atoms. The van der Waals surface area contributed by atoms with E-state index in [0.717, 1.165) is 117 Å². The molecule has 2 fully saturated rings. The van der Waals surface area contributed by atoms with Crippen LogP contribution in [0.4, 0.5) is 10.1 Å². The molecule has 2 aliphatic rings. The van der Waals surface area contributed by atoms with Crippen molar-refractivity contribution in [2.75, 3.05) is 71.9 Å². The molecule has 5 rings (SSSR count). The number of halogens is 2. The normalized spacial score (nSPS) is 16.1. The van der Waals surface area contributed by atoms with E-state index < -0.39 is 0 Å². The smallest absolute Gasteiger partial charge is 0.130 e. The van der Waals surface area contributed by atoms with Gasteiger partial charge in [0.1, 0.15) is 11.7 Å². The number of benzene rings is 3. The highest BCUT2D eigenvalue weighted by molar-refractivity contribution is 6.34. The van der Waals surface area contributed by atoms with Gasteiger partial charge in [-0.3, -0.25) is 5.41 Å². The minimum atomic E-state index is -0.0898. The molecule has 2 heterocycles. The number of likely N-dealkylation sites (tertiary alicyclic amines) is 1. The van der Waals surface area contributed by atoms with Gasteiger partial charge in [-0.25, -0.2) is 4.39 Å². The first-order valence-electron chi connectivity index (χ1n) is 18.5. The second-order valence-corrected chi connectivity index (χ2v) is 14.9. The van der Waals surface area contributed by atoms with Gasteiger partial charge in [-0.1, -0.05) is 86.5 Å². The van der Waals surface area contributed by atoms with Crippen molar-refractivity contribution < 1.29 is 4.39 Å². The van der Waals surface area contributed by atoms with Crippen molar-refractivity contribution in [1.29, 1.82) is 5.41 Å². The first-order chi connectivity index (χ1) is 24.1. The maximum absolute atomic E-state index is 14.7. The number of hydrogen-bond donors (Lipinski definition) is 1. The van der Waals surface area contributed by atoms with E-state index in [9.17, 15) is 9.80 Å². The standard InChI is InChI=1S/C43H57ClFN5/c1-7-32-18-19-35(39(45)29-32)34-20-23-49(24-21-34)22-13-11-9-10-12-17-36-41(40-31(3)15-14-16-33(40)8-2)38(44)30-37(42(36)47(4)5)43(46)50-27-25-48(6)26-28-50/h7-8,14-16,18-19,29-30,34,46H,1-2,9-13,17,20-28H2,3-6H3. The Labute approximate surface area is 305 Å². The zero-order chi connectivity index (χ0) is 35.8. The Morgan fingerprint density at radius 3 is 2.28 bits per heavy atom. The fraction of sp³-hybridized carbons (Fsp3) is 0.465. The lowest BCUT2D eigenvalue weighted by Gasteiger charge is -2.36. The number of hydrogen-bond acceptors (Lipinski definition) is 4. The van der Waals surface area contributed by atoms with Gasteiger partial charge in [-0.15, -0.1) is 0 Å². The quantitative estimate of drug-likeness (QED) is 0.103. The molecule has 3 aromatic carbocycles. The van der Waals surface area contributed by atoms with E-state index in [1.54, 1.807) is 12.1 Å². The van der Waals surface area contributed by atoms with Crippen molar-refractivity contribution in [1.82, 2.24) is 14.7 Å². The molecular weight excluding hydrogens is 641 g/mol. The number of amidine groups is 1. The summed E-state index contributed by atoms with van der Waals surface area (Å²) in [5.74, 6) is 0.777. The predicted octanol–water partition coefficient (Wildman–Crippen LogP) is 9.75. The molecule has 2 aliphatic heterocycles. The fourth-order valence-corrected chi connectivity index (χ4v) is 8.25. The van der Waals surface area contributed by atoms with Crippen LogP contribution in [0.3, 0.4) is 0 Å². The van der Waals surface area contributed by atoms with Gasteiger partial charge in [0.2, 0.25) is 0 Å². The zero-order valence-corrected chi connectivity index (χ0v) is 31.6.